The topological polar surface area (TPSA) is 85.5 Å². The number of fused-ring (bicyclic) bond motifs is 2. The lowest BCUT2D eigenvalue weighted by atomic mass is 9.87. The fraction of sp³-hybridized carbons (Fsp3) is 0.412. The Morgan fingerprint density at radius 3 is 3.25 bits per heavy atom. The molecule has 0 radical (unpaired) electrons. The quantitative estimate of drug-likeness (QED) is 0.811. The molecule has 0 unspecified atom stereocenters. The van der Waals surface area contributed by atoms with E-state index < -0.39 is 0 Å². The first kappa shape index (κ1) is 14.9. The molecule has 0 bridgehead atoms. The minimum atomic E-state index is 0.0145. The number of nitrogens with zero attached hydrogens (tertiary/aromatic N) is 1. The average molecular weight is 329 g/mol. The summed E-state index contributed by atoms with van der Waals surface area (Å²) in [6, 6.07) is 5.45. The van der Waals surface area contributed by atoms with Gasteiger partial charge in [-0.1, -0.05) is 0 Å². The van der Waals surface area contributed by atoms with Crippen LogP contribution in [0.4, 0.5) is 0 Å². The summed E-state index contributed by atoms with van der Waals surface area (Å²) < 4.78 is 16.2. The summed E-state index contributed by atoms with van der Waals surface area (Å²) in [7, 11) is 0. The van der Waals surface area contributed by atoms with E-state index in [-0.39, 0.29) is 18.6 Å². The van der Waals surface area contributed by atoms with Gasteiger partial charge in [-0.25, -0.2) is 0 Å². The van der Waals surface area contributed by atoms with Crippen molar-refractivity contribution in [2.45, 2.75) is 19.3 Å². The number of rotatable bonds is 5. The van der Waals surface area contributed by atoms with Gasteiger partial charge in [-0.3, -0.25) is 9.89 Å². The van der Waals surface area contributed by atoms with E-state index in [1.54, 1.807) is 6.07 Å². The fourth-order valence-corrected chi connectivity index (χ4v) is 3.09. The fourth-order valence-electron chi connectivity index (χ4n) is 3.09. The molecule has 7 heteroatoms. The Balaban J connectivity index is 1.22. The molecule has 1 aromatic heterocycles. The van der Waals surface area contributed by atoms with Gasteiger partial charge >= 0.3 is 0 Å². The van der Waals surface area contributed by atoms with Gasteiger partial charge in [0.15, 0.2) is 11.5 Å². The monoisotopic (exact) mass is 329 g/mol. The van der Waals surface area contributed by atoms with Gasteiger partial charge in [0.2, 0.25) is 12.7 Å². The minimum absolute atomic E-state index is 0.0145. The van der Waals surface area contributed by atoms with E-state index in [2.05, 4.69) is 15.5 Å². The number of nitrogens with one attached hydrogen (secondary N) is 2. The number of carbonyl (C=O) groups excluding carboxylic acids is 1. The Kier molecular flexibility index (Phi) is 3.98. The molecular formula is C17H19N3O4. The summed E-state index contributed by atoms with van der Waals surface area (Å²) in [5.74, 6) is 2.22. The molecule has 1 atom stereocenters. The highest BCUT2D eigenvalue weighted by atomic mass is 16.7. The molecule has 2 N–H and O–H groups in total. The maximum Gasteiger partial charge on any atom is 0.231 e. The van der Waals surface area contributed by atoms with Crippen LogP contribution < -0.4 is 19.5 Å². The largest absolute Gasteiger partial charge is 0.492 e. The Morgan fingerprint density at radius 1 is 1.38 bits per heavy atom. The molecule has 0 saturated carbocycles. The van der Waals surface area contributed by atoms with Crippen LogP contribution in [0, 0.1) is 5.92 Å². The third-order valence-electron chi connectivity index (χ3n) is 4.40. The van der Waals surface area contributed by atoms with Crippen LogP contribution in [0.25, 0.3) is 0 Å². The molecule has 7 nitrogen and oxygen atoms in total. The van der Waals surface area contributed by atoms with Gasteiger partial charge < -0.3 is 19.5 Å². The van der Waals surface area contributed by atoms with E-state index in [0.29, 0.717) is 24.7 Å². The van der Waals surface area contributed by atoms with E-state index in [4.69, 9.17) is 14.2 Å². The van der Waals surface area contributed by atoms with Gasteiger partial charge in [-0.05, 0) is 37.0 Å². The van der Waals surface area contributed by atoms with Crippen LogP contribution in [0.1, 0.15) is 17.7 Å². The summed E-state index contributed by atoms with van der Waals surface area (Å²) in [5.41, 5.74) is 2.31. The summed E-state index contributed by atoms with van der Waals surface area (Å²) in [4.78, 5) is 12.3. The van der Waals surface area contributed by atoms with Crippen molar-refractivity contribution in [2.75, 3.05) is 19.9 Å². The molecule has 4 rings (SSSR count). The Morgan fingerprint density at radius 2 is 2.29 bits per heavy atom. The lowest BCUT2D eigenvalue weighted by molar-refractivity contribution is -0.125. The molecule has 0 saturated heterocycles. The summed E-state index contributed by atoms with van der Waals surface area (Å²) >= 11 is 0. The molecule has 1 amide bonds. The zero-order valence-electron chi connectivity index (χ0n) is 13.2. The number of ether oxygens (including phenoxy) is 3. The van der Waals surface area contributed by atoms with Crippen molar-refractivity contribution in [3.05, 3.63) is 35.7 Å². The predicted octanol–water partition coefficient (Wildman–Crippen LogP) is 1.44. The van der Waals surface area contributed by atoms with E-state index >= 15 is 0 Å². The molecule has 1 aliphatic carbocycles. The van der Waals surface area contributed by atoms with Crippen molar-refractivity contribution >= 4 is 5.91 Å². The second-order valence-corrected chi connectivity index (χ2v) is 5.97. The maximum absolute atomic E-state index is 12.3. The van der Waals surface area contributed by atoms with Crippen molar-refractivity contribution in [2.24, 2.45) is 5.92 Å². The van der Waals surface area contributed by atoms with E-state index in [9.17, 15) is 4.79 Å². The van der Waals surface area contributed by atoms with E-state index in [1.165, 1.54) is 0 Å². The van der Waals surface area contributed by atoms with Crippen LogP contribution in [-0.4, -0.2) is 36.0 Å². The number of hydrogen-bond donors (Lipinski definition) is 2. The molecule has 126 valence electrons. The average Bonchev–Trinajstić information content (AvgIpc) is 3.25. The normalized spacial score (nSPS) is 18.1. The second-order valence-electron chi connectivity index (χ2n) is 5.97. The standard InChI is InChI=1S/C17H19N3O4/c21-17(11-1-3-14-12(7-11)9-19-20-14)18-5-6-22-13-2-4-15-16(8-13)24-10-23-15/h2,4,8-9,11H,1,3,5-7,10H2,(H,18,21)(H,19,20)/t11-/m1/s1. The van der Waals surface area contributed by atoms with E-state index in [0.717, 1.165) is 36.3 Å². The highest BCUT2D eigenvalue weighted by Crippen LogP contribution is 2.35. The summed E-state index contributed by atoms with van der Waals surface area (Å²) in [5, 5.41) is 9.97. The third kappa shape index (κ3) is 3.02. The number of aromatic nitrogens is 2. The van der Waals surface area contributed by atoms with Crippen molar-refractivity contribution in [1.29, 1.82) is 0 Å². The number of aryl methyl sites for hydroxylation is 1. The molecule has 0 fully saturated rings. The van der Waals surface area contributed by atoms with Gasteiger partial charge in [0.25, 0.3) is 0 Å². The maximum atomic E-state index is 12.3. The molecule has 1 aromatic carbocycles. The molecule has 2 heterocycles. The first-order chi connectivity index (χ1) is 11.8. The van der Waals surface area contributed by atoms with Crippen LogP contribution in [0.2, 0.25) is 0 Å². The zero-order valence-corrected chi connectivity index (χ0v) is 13.2. The summed E-state index contributed by atoms with van der Waals surface area (Å²) in [6.07, 6.45) is 4.30. The molecule has 24 heavy (non-hydrogen) atoms. The number of H-pyrrole nitrogens is 1. The Labute approximate surface area is 139 Å². The lowest BCUT2D eigenvalue weighted by Gasteiger charge is -2.20. The van der Waals surface area contributed by atoms with Gasteiger partial charge in [-0.15, -0.1) is 0 Å². The summed E-state index contributed by atoms with van der Waals surface area (Å²) in [6.45, 7) is 1.13. The van der Waals surface area contributed by atoms with Gasteiger partial charge in [0.05, 0.1) is 12.7 Å². The number of benzene rings is 1. The van der Waals surface area contributed by atoms with Crippen molar-refractivity contribution in [3.8, 4) is 17.2 Å². The van der Waals surface area contributed by atoms with Crippen molar-refractivity contribution < 1.29 is 19.0 Å². The molecule has 1 aliphatic heterocycles. The SMILES string of the molecule is O=C(NCCOc1ccc2c(c1)OCO2)[C@@H]1CCc2[nH]ncc2C1. The van der Waals surface area contributed by atoms with Gasteiger partial charge in [0, 0.05) is 17.7 Å². The number of carbonyl (C=O) groups is 1. The van der Waals surface area contributed by atoms with Crippen molar-refractivity contribution in [3.63, 3.8) is 0 Å². The molecule has 0 spiro atoms. The predicted molar refractivity (Wildman–Crippen MR) is 85.2 cm³/mol. The van der Waals surface area contributed by atoms with Crippen LogP contribution in [-0.2, 0) is 17.6 Å². The Hall–Kier alpha value is -2.70. The molecule has 2 aromatic rings. The second kappa shape index (κ2) is 6.43. The highest BCUT2D eigenvalue weighted by molar-refractivity contribution is 5.79. The number of amides is 1. The van der Waals surface area contributed by atoms with Crippen LogP contribution >= 0.6 is 0 Å². The van der Waals surface area contributed by atoms with Gasteiger partial charge in [-0.2, -0.15) is 5.10 Å². The van der Waals surface area contributed by atoms with Crippen LogP contribution in [0.5, 0.6) is 17.2 Å². The van der Waals surface area contributed by atoms with E-state index in [1.807, 2.05) is 18.3 Å². The Bertz CT molecular complexity index is 743. The number of hydrogen-bond acceptors (Lipinski definition) is 5. The lowest BCUT2D eigenvalue weighted by Crippen LogP contribution is -2.36. The third-order valence-corrected chi connectivity index (χ3v) is 4.40. The minimum Gasteiger partial charge on any atom is -0.492 e. The van der Waals surface area contributed by atoms with Crippen molar-refractivity contribution in [1.82, 2.24) is 15.5 Å². The molecule has 2 aliphatic rings. The smallest absolute Gasteiger partial charge is 0.231 e. The van der Waals surface area contributed by atoms with Crippen LogP contribution in [0.15, 0.2) is 24.4 Å². The first-order valence-electron chi connectivity index (χ1n) is 8.11. The first-order valence-corrected chi connectivity index (χ1v) is 8.11. The van der Waals surface area contributed by atoms with Crippen LogP contribution in [0.3, 0.4) is 0 Å². The zero-order chi connectivity index (χ0) is 16.4. The molecular weight excluding hydrogens is 310 g/mol. The van der Waals surface area contributed by atoms with Gasteiger partial charge in [0.1, 0.15) is 12.4 Å². The highest BCUT2D eigenvalue weighted by Gasteiger charge is 2.25. The number of aromatic amines is 1.